The first kappa shape index (κ1) is 13.2. The molecule has 0 aliphatic carbocycles. The molecule has 2 aromatic rings. The van der Waals surface area contributed by atoms with E-state index in [9.17, 15) is 9.18 Å². The summed E-state index contributed by atoms with van der Waals surface area (Å²) in [4.78, 5) is 16.2. The van der Waals surface area contributed by atoms with Gasteiger partial charge < -0.3 is 5.32 Å². The van der Waals surface area contributed by atoms with Crippen LogP contribution in [0.5, 0.6) is 0 Å². The summed E-state index contributed by atoms with van der Waals surface area (Å²) in [6.45, 7) is 4.24. The van der Waals surface area contributed by atoms with Gasteiger partial charge in [0.1, 0.15) is 5.82 Å². The summed E-state index contributed by atoms with van der Waals surface area (Å²) in [6, 6.07) is 9.64. The van der Waals surface area contributed by atoms with E-state index in [4.69, 9.17) is 0 Å². The Morgan fingerprint density at radius 3 is 2.47 bits per heavy atom. The van der Waals surface area contributed by atoms with Gasteiger partial charge in [0.25, 0.3) is 5.91 Å². The third-order valence-electron chi connectivity index (χ3n) is 2.81. The van der Waals surface area contributed by atoms with Gasteiger partial charge in [-0.05, 0) is 50.2 Å². The number of nitrogens with zero attached hydrogens (tertiary/aromatic N) is 1. The molecule has 0 unspecified atom stereocenters. The maximum Gasteiger partial charge on any atom is 0.253 e. The van der Waals surface area contributed by atoms with Gasteiger partial charge >= 0.3 is 0 Å². The van der Waals surface area contributed by atoms with Gasteiger partial charge in [-0.15, -0.1) is 0 Å². The van der Waals surface area contributed by atoms with Gasteiger partial charge in [0.05, 0.1) is 17.0 Å². The van der Waals surface area contributed by atoms with Crippen LogP contribution in [-0.2, 0) is 0 Å². The fourth-order valence-corrected chi connectivity index (χ4v) is 1.84. The second-order valence-corrected chi connectivity index (χ2v) is 4.20. The Bertz CT molecular complexity index is 594. The fourth-order valence-electron chi connectivity index (χ4n) is 1.84. The molecule has 1 heterocycles. The first-order chi connectivity index (χ1) is 9.11. The topological polar surface area (TPSA) is 42.0 Å². The molecule has 1 N–H and O–H groups in total. The van der Waals surface area contributed by atoms with Crippen molar-refractivity contribution in [3.05, 3.63) is 53.5 Å². The zero-order valence-corrected chi connectivity index (χ0v) is 10.9. The number of aryl methyl sites for hydroxylation is 1. The predicted octanol–water partition coefficient (Wildman–Crippen LogP) is 2.95. The van der Waals surface area contributed by atoms with Gasteiger partial charge in [-0.2, -0.15) is 0 Å². The smallest absolute Gasteiger partial charge is 0.253 e. The number of nitrogens with one attached hydrogen (secondary N) is 1. The average molecular weight is 258 g/mol. The van der Waals surface area contributed by atoms with Crippen LogP contribution in [0.15, 0.2) is 36.4 Å². The third-order valence-corrected chi connectivity index (χ3v) is 2.81. The minimum Gasteiger partial charge on any atom is -0.352 e. The number of carbonyl (C=O) groups is 1. The largest absolute Gasteiger partial charge is 0.352 e. The second kappa shape index (κ2) is 5.61. The van der Waals surface area contributed by atoms with Gasteiger partial charge in [-0.25, -0.2) is 4.39 Å². The Balaban J connectivity index is 2.33. The lowest BCUT2D eigenvalue weighted by atomic mass is 10.1. The lowest BCUT2D eigenvalue weighted by Gasteiger charge is -2.07. The predicted molar refractivity (Wildman–Crippen MR) is 72.4 cm³/mol. The molecule has 4 heteroatoms. The van der Waals surface area contributed by atoms with Crippen LogP contribution in [0.25, 0.3) is 11.3 Å². The zero-order valence-electron chi connectivity index (χ0n) is 10.9. The van der Waals surface area contributed by atoms with Gasteiger partial charge in [-0.3, -0.25) is 9.78 Å². The molecule has 1 aromatic carbocycles. The van der Waals surface area contributed by atoms with E-state index in [-0.39, 0.29) is 11.7 Å². The van der Waals surface area contributed by atoms with Crippen molar-refractivity contribution in [3.63, 3.8) is 0 Å². The molecule has 1 aromatic heterocycles. The number of hydrogen-bond acceptors (Lipinski definition) is 2. The summed E-state index contributed by atoms with van der Waals surface area (Å²) in [5.41, 5.74) is 2.78. The highest BCUT2D eigenvalue weighted by molar-refractivity contribution is 5.95. The molecule has 0 saturated heterocycles. The van der Waals surface area contributed by atoms with E-state index in [1.807, 2.05) is 6.92 Å². The van der Waals surface area contributed by atoms with E-state index in [0.29, 0.717) is 17.8 Å². The fraction of sp³-hybridized carbons (Fsp3) is 0.200. The summed E-state index contributed by atoms with van der Waals surface area (Å²) in [6.07, 6.45) is 0. The Morgan fingerprint density at radius 2 is 1.89 bits per heavy atom. The second-order valence-electron chi connectivity index (χ2n) is 4.20. The number of benzene rings is 1. The molecule has 0 saturated carbocycles. The SMILES string of the molecule is CCNC(=O)c1ccc(-c2ccc(F)cc2)nc1C. The molecule has 0 aliphatic heterocycles. The number of rotatable bonds is 3. The van der Waals surface area contributed by atoms with Crippen LogP contribution in [0.2, 0.25) is 0 Å². The summed E-state index contributed by atoms with van der Waals surface area (Å²) in [5, 5.41) is 2.74. The van der Waals surface area contributed by atoms with Crippen LogP contribution >= 0.6 is 0 Å². The molecule has 19 heavy (non-hydrogen) atoms. The van der Waals surface area contributed by atoms with Crippen LogP contribution in [0.3, 0.4) is 0 Å². The van der Waals surface area contributed by atoms with E-state index in [1.165, 1.54) is 12.1 Å². The van der Waals surface area contributed by atoms with Gasteiger partial charge in [0.2, 0.25) is 0 Å². The van der Waals surface area contributed by atoms with Crippen molar-refractivity contribution in [2.45, 2.75) is 13.8 Å². The maximum atomic E-state index is 12.9. The highest BCUT2D eigenvalue weighted by Crippen LogP contribution is 2.19. The molecule has 2 rings (SSSR count). The lowest BCUT2D eigenvalue weighted by Crippen LogP contribution is -2.23. The average Bonchev–Trinajstić information content (AvgIpc) is 2.39. The van der Waals surface area contributed by atoms with Gasteiger partial charge in [0.15, 0.2) is 0 Å². The van der Waals surface area contributed by atoms with Crippen molar-refractivity contribution in [1.82, 2.24) is 10.3 Å². The molecular weight excluding hydrogens is 243 g/mol. The summed E-state index contributed by atoms with van der Waals surface area (Å²) in [5.74, 6) is -0.405. The van der Waals surface area contributed by atoms with Crippen LogP contribution in [0.4, 0.5) is 4.39 Å². The molecule has 0 aliphatic rings. The van der Waals surface area contributed by atoms with Gasteiger partial charge in [-0.1, -0.05) is 0 Å². The van der Waals surface area contributed by atoms with Crippen molar-refractivity contribution in [1.29, 1.82) is 0 Å². The molecule has 98 valence electrons. The normalized spacial score (nSPS) is 10.3. The number of carbonyl (C=O) groups excluding carboxylic acids is 1. The highest BCUT2D eigenvalue weighted by Gasteiger charge is 2.10. The standard InChI is InChI=1S/C15H15FN2O/c1-3-17-15(19)13-8-9-14(18-10(13)2)11-4-6-12(16)7-5-11/h4-9H,3H2,1-2H3,(H,17,19). The van der Waals surface area contributed by atoms with Crippen LogP contribution in [-0.4, -0.2) is 17.4 Å². The first-order valence-electron chi connectivity index (χ1n) is 6.13. The van der Waals surface area contributed by atoms with Crippen molar-refractivity contribution in [3.8, 4) is 11.3 Å². The van der Waals surface area contributed by atoms with E-state index in [1.54, 1.807) is 31.2 Å². The zero-order chi connectivity index (χ0) is 13.8. The lowest BCUT2D eigenvalue weighted by molar-refractivity contribution is 0.0955. The van der Waals surface area contributed by atoms with E-state index >= 15 is 0 Å². The Kier molecular flexibility index (Phi) is 3.90. The number of pyridine rings is 1. The van der Waals surface area contributed by atoms with E-state index in [0.717, 1.165) is 11.3 Å². The van der Waals surface area contributed by atoms with Crippen molar-refractivity contribution in [2.75, 3.05) is 6.54 Å². The molecule has 0 bridgehead atoms. The first-order valence-corrected chi connectivity index (χ1v) is 6.13. The molecule has 0 radical (unpaired) electrons. The number of amides is 1. The molecule has 0 fully saturated rings. The molecule has 0 spiro atoms. The van der Waals surface area contributed by atoms with E-state index < -0.39 is 0 Å². The van der Waals surface area contributed by atoms with Crippen LogP contribution in [0, 0.1) is 12.7 Å². The summed E-state index contributed by atoms with van der Waals surface area (Å²) in [7, 11) is 0. The van der Waals surface area contributed by atoms with Gasteiger partial charge in [0, 0.05) is 12.1 Å². The quantitative estimate of drug-likeness (QED) is 0.919. The monoisotopic (exact) mass is 258 g/mol. The molecular formula is C15H15FN2O. The van der Waals surface area contributed by atoms with Crippen molar-refractivity contribution in [2.24, 2.45) is 0 Å². The molecule has 0 atom stereocenters. The number of aromatic nitrogens is 1. The Morgan fingerprint density at radius 1 is 1.21 bits per heavy atom. The van der Waals surface area contributed by atoms with E-state index in [2.05, 4.69) is 10.3 Å². The Labute approximate surface area is 111 Å². The number of hydrogen-bond donors (Lipinski definition) is 1. The minimum atomic E-state index is -0.278. The Hall–Kier alpha value is -2.23. The number of halogens is 1. The summed E-state index contributed by atoms with van der Waals surface area (Å²) >= 11 is 0. The van der Waals surface area contributed by atoms with Crippen molar-refractivity contribution < 1.29 is 9.18 Å². The maximum absolute atomic E-state index is 12.9. The third kappa shape index (κ3) is 2.96. The molecule has 1 amide bonds. The molecule has 3 nitrogen and oxygen atoms in total. The minimum absolute atomic E-state index is 0.127. The van der Waals surface area contributed by atoms with Crippen LogP contribution in [0.1, 0.15) is 23.0 Å². The van der Waals surface area contributed by atoms with Crippen molar-refractivity contribution >= 4 is 5.91 Å². The van der Waals surface area contributed by atoms with Crippen LogP contribution < -0.4 is 5.32 Å². The summed E-state index contributed by atoms with van der Waals surface area (Å²) < 4.78 is 12.9. The highest BCUT2D eigenvalue weighted by atomic mass is 19.1.